The lowest BCUT2D eigenvalue weighted by molar-refractivity contribution is 0.143. The van der Waals surface area contributed by atoms with Gasteiger partial charge in [-0.25, -0.2) is 4.98 Å². The molecule has 0 spiro atoms. The van der Waals surface area contributed by atoms with E-state index in [-0.39, 0.29) is 24.8 Å². The monoisotopic (exact) mass is 533 g/mol. The molecule has 3 aromatic rings. The second-order valence-electron chi connectivity index (χ2n) is 8.10. The third-order valence-corrected chi connectivity index (χ3v) is 5.67. The van der Waals surface area contributed by atoms with Crippen LogP contribution in [0, 0.1) is 12.3 Å². The first-order valence-corrected chi connectivity index (χ1v) is 11.5. The van der Waals surface area contributed by atoms with Gasteiger partial charge in [0.2, 0.25) is 5.95 Å². The van der Waals surface area contributed by atoms with Gasteiger partial charge >= 0.3 is 0 Å². The number of methoxy groups -OCH3 is 1. The number of nitrogens with zero attached hydrogens (tertiary/aromatic N) is 4. The molecule has 0 atom stereocenters. The van der Waals surface area contributed by atoms with Gasteiger partial charge in [0, 0.05) is 56.0 Å². The molecule has 36 heavy (non-hydrogen) atoms. The molecule has 1 fully saturated rings. The second kappa shape index (κ2) is 14.0. The van der Waals surface area contributed by atoms with Crippen molar-refractivity contribution in [2.45, 2.75) is 6.92 Å². The minimum atomic E-state index is 0. The minimum Gasteiger partial charge on any atom is -0.490 e. The van der Waals surface area contributed by atoms with Crippen LogP contribution in [0.1, 0.15) is 12.5 Å². The lowest BCUT2D eigenvalue weighted by atomic mass is 10.1. The van der Waals surface area contributed by atoms with Crippen LogP contribution in [0.15, 0.2) is 36.4 Å². The van der Waals surface area contributed by atoms with Crippen molar-refractivity contribution in [3.05, 3.63) is 42.0 Å². The summed E-state index contributed by atoms with van der Waals surface area (Å²) in [7, 11) is 3.77. The van der Waals surface area contributed by atoms with Crippen molar-refractivity contribution >= 4 is 53.2 Å². The zero-order valence-corrected chi connectivity index (χ0v) is 22.5. The van der Waals surface area contributed by atoms with E-state index in [1.165, 1.54) is 0 Å². The summed E-state index contributed by atoms with van der Waals surface area (Å²) in [6.07, 6.45) is 5.60. The predicted octanol–water partition coefficient (Wildman–Crippen LogP) is 4.37. The number of likely N-dealkylation sites (N-methyl/N-ethyl adjacent to an activating group) is 1. The van der Waals surface area contributed by atoms with Gasteiger partial charge < -0.3 is 29.3 Å². The molecule has 2 aromatic carbocycles. The molecule has 1 aliphatic heterocycles. The molecule has 0 amide bonds. The maximum Gasteiger partial charge on any atom is 0.227 e. The first-order chi connectivity index (χ1) is 16.6. The second-order valence-corrected chi connectivity index (χ2v) is 8.10. The highest BCUT2D eigenvalue weighted by Crippen LogP contribution is 2.36. The van der Waals surface area contributed by atoms with Crippen molar-refractivity contribution in [2.75, 3.05) is 70.4 Å². The van der Waals surface area contributed by atoms with Crippen LogP contribution in [0.2, 0.25) is 0 Å². The molecule has 0 radical (unpaired) electrons. The van der Waals surface area contributed by atoms with Crippen molar-refractivity contribution in [2.24, 2.45) is 0 Å². The maximum atomic E-state index is 5.96. The summed E-state index contributed by atoms with van der Waals surface area (Å²) >= 11 is 0. The van der Waals surface area contributed by atoms with Gasteiger partial charge in [0.15, 0.2) is 11.5 Å². The first kappa shape index (κ1) is 29.3. The largest absolute Gasteiger partial charge is 0.490 e. The molecule has 0 aliphatic carbocycles. The molecule has 194 valence electrons. The summed E-state index contributed by atoms with van der Waals surface area (Å²) in [5.74, 6) is 5.33. The van der Waals surface area contributed by atoms with E-state index in [2.05, 4.69) is 28.1 Å². The van der Waals surface area contributed by atoms with Crippen LogP contribution < -0.4 is 19.7 Å². The molecule has 1 aliphatic rings. The number of benzene rings is 2. The van der Waals surface area contributed by atoms with E-state index >= 15 is 0 Å². The van der Waals surface area contributed by atoms with Gasteiger partial charge in [-0.2, -0.15) is 4.98 Å². The Morgan fingerprint density at radius 2 is 1.75 bits per heavy atom. The third-order valence-electron chi connectivity index (χ3n) is 5.67. The van der Waals surface area contributed by atoms with Crippen LogP contribution in [-0.4, -0.2) is 75.0 Å². The lowest BCUT2D eigenvalue weighted by Crippen LogP contribution is -2.45. The van der Waals surface area contributed by atoms with E-state index in [1.54, 1.807) is 7.11 Å². The summed E-state index contributed by atoms with van der Waals surface area (Å²) < 4.78 is 17.0. The third kappa shape index (κ3) is 7.05. The number of piperazine rings is 1. The summed E-state index contributed by atoms with van der Waals surface area (Å²) in [6, 6.07) is 11.6. The van der Waals surface area contributed by atoms with Crippen LogP contribution in [-0.2, 0) is 4.74 Å². The lowest BCUT2D eigenvalue weighted by Gasteiger charge is -2.32. The minimum absolute atomic E-state index is 0. The molecule has 2 heterocycles. The highest BCUT2D eigenvalue weighted by atomic mass is 35.5. The first-order valence-electron chi connectivity index (χ1n) is 11.5. The Hall–Kier alpha value is -2.96. The van der Waals surface area contributed by atoms with Crippen LogP contribution >= 0.6 is 24.8 Å². The number of hydrogen-bond donors (Lipinski definition) is 1. The highest BCUT2D eigenvalue weighted by molar-refractivity contribution is 5.94. The Morgan fingerprint density at radius 1 is 1.00 bits per heavy atom. The Morgan fingerprint density at radius 3 is 2.44 bits per heavy atom. The normalized spacial score (nSPS) is 13.3. The fourth-order valence-corrected chi connectivity index (χ4v) is 3.81. The summed E-state index contributed by atoms with van der Waals surface area (Å²) in [5, 5.41) is 4.28. The van der Waals surface area contributed by atoms with Gasteiger partial charge in [0.05, 0.1) is 18.7 Å². The molecule has 4 rings (SSSR count). The fourth-order valence-electron chi connectivity index (χ4n) is 3.81. The zero-order chi connectivity index (χ0) is 23.9. The Balaban J connectivity index is 0.00000228. The topological polar surface area (TPSA) is 72.0 Å². The number of nitrogens with one attached hydrogen (secondary N) is 1. The quantitative estimate of drug-likeness (QED) is 0.321. The van der Waals surface area contributed by atoms with Crippen LogP contribution in [0.3, 0.4) is 0 Å². The van der Waals surface area contributed by atoms with E-state index in [1.807, 2.05) is 43.3 Å². The number of hydrogen-bond acceptors (Lipinski definition) is 8. The molecule has 0 saturated carbocycles. The molecule has 1 aromatic heterocycles. The SMILES string of the molecule is C#Cc1cccc(Nc2nc(N3CCN(C)CC3)nc3cc(OCC)c(OCCOC)cc23)c1.Cl.Cl. The van der Waals surface area contributed by atoms with E-state index < -0.39 is 0 Å². The van der Waals surface area contributed by atoms with Crippen molar-refractivity contribution in [1.82, 2.24) is 14.9 Å². The van der Waals surface area contributed by atoms with Crippen LogP contribution in [0.5, 0.6) is 11.5 Å². The molecule has 10 heteroatoms. The van der Waals surface area contributed by atoms with Gasteiger partial charge in [0.1, 0.15) is 12.4 Å². The summed E-state index contributed by atoms with van der Waals surface area (Å²) in [5.41, 5.74) is 2.43. The number of halogens is 2. The number of rotatable bonds is 9. The average Bonchev–Trinajstić information content (AvgIpc) is 2.85. The van der Waals surface area contributed by atoms with Gasteiger partial charge in [-0.05, 0) is 38.2 Å². The highest BCUT2D eigenvalue weighted by Gasteiger charge is 2.20. The number of terminal acetylenes is 1. The zero-order valence-electron chi connectivity index (χ0n) is 20.8. The number of ether oxygens (including phenoxy) is 3. The average molecular weight is 534 g/mol. The van der Waals surface area contributed by atoms with Crippen LogP contribution in [0.4, 0.5) is 17.5 Å². The van der Waals surface area contributed by atoms with Crippen molar-refractivity contribution in [1.29, 1.82) is 0 Å². The van der Waals surface area contributed by atoms with Crippen molar-refractivity contribution in [3.63, 3.8) is 0 Å². The van der Waals surface area contributed by atoms with Gasteiger partial charge in [-0.1, -0.05) is 12.0 Å². The number of anilines is 3. The maximum absolute atomic E-state index is 5.96. The van der Waals surface area contributed by atoms with Crippen molar-refractivity contribution < 1.29 is 14.2 Å². The Kier molecular flexibility index (Phi) is 11.3. The van der Waals surface area contributed by atoms with Crippen molar-refractivity contribution in [3.8, 4) is 23.8 Å². The van der Waals surface area contributed by atoms with Gasteiger partial charge in [-0.3, -0.25) is 0 Å². The Labute approximate surface area is 225 Å². The fraction of sp³-hybridized carbons (Fsp3) is 0.385. The molecular formula is C26H33Cl2N5O3. The standard InChI is InChI=1S/C26H31N5O3.2ClH/c1-5-19-8-7-9-20(16-19)27-25-21-17-23(34-15-14-32-4)24(33-6-2)18-22(21)28-26(29-25)31-12-10-30(3)11-13-31;;/h1,7-9,16-18H,6,10-15H2,2-4H3,(H,27,28,29);2*1H. The summed E-state index contributed by atoms with van der Waals surface area (Å²) in [4.78, 5) is 14.3. The molecule has 8 nitrogen and oxygen atoms in total. The molecule has 0 bridgehead atoms. The van der Waals surface area contributed by atoms with E-state index in [0.29, 0.717) is 43.1 Å². The van der Waals surface area contributed by atoms with E-state index in [4.69, 9.17) is 30.6 Å². The van der Waals surface area contributed by atoms with E-state index in [0.717, 1.165) is 48.3 Å². The smallest absolute Gasteiger partial charge is 0.227 e. The van der Waals surface area contributed by atoms with Crippen LogP contribution in [0.25, 0.3) is 10.9 Å². The number of aromatic nitrogens is 2. The summed E-state index contributed by atoms with van der Waals surface area (Å²) in [6.45, 7) is 7.02. The Bertz CT molecular complexity index is 1180. The van der Waals surface area contributed by atoms with Gasteiger partial charge in [0.25, 0.3) is 0 Å². The molecule has 1 saturated heterocycles. The number of fused-ring (bicyclic) bond motifs is 1. The molecule has 0 unspecified atom stereocenters. The molecular weight excluding hydrogens is 501 g/mol. The van der Waals surface area contributed by atoms with Gasteiger partial charge in [-0.15, -0.1) is 31.2 Å². The molecule has 1 N–H and O–H groups in total. The predicted molar refractivity (Wildman–Crippen MR) is 150 cm³/mol. The van der Waals surface area contributed by atoms with E-state index in [9.17, 15) is 0 Å².